The standard InChI is InChI=1S/C10H17NO6/c1-6(13)2-3-11-4-7(14)9(16)10(17)8(15)5-12/h1-3,7-12,14-17H,4-5H2/b3-2-/t7-,8-,9-,10+/m0/s1. The Labute approximate surface area is 99.0 Å². The van der Waals surface area contributed by atoms with E-state index in [9.17, 15) is 20.1 Å². The predicted octanol–water partition coefficient (Wildman–Crippen LogP) is -3.19. The number of aliphatic hydroxyl groups excluding tert-OH is 5. The maximum Gasteiger partial charge on any atom is 0.161 e. The second-order valence-corrected chi connectivity index (χ2v) is 3.44. The normalized spacial score (nSPS) is 18.7. The molecule has 0 aromatic carbocycles. The lowest BCUT2D eigenvalue weighted by Crippen LogP contribution is -2.48. The van der Waals surface area contributed by atoms with Gasteiger partial charge in [-0.1, -0.05) is 0 Å². The van der Waals surface area contributed by atoms with Crippen molar-refractivity contribution in [2.75, 3.05) is 13.2 Å². The number of hydrogen-bond acceptors (Lipinski definition) is 7. The van der Waals surface area contributed by atoms with Crippen LogP contribution in [0.2, 0.25) is 0 Å². The molecule has 0 aromatic rings. The lowest BCUT2D eigenvalue weighted by Gasteiger charge is -2.25. The average molecular weight is 247 g/mol. The van der Waals surface area contributed by atoms with Crippen molar-refractivity contribution < 1.29 is 30.3 Å². The van der Waals surface area contributed by atoms with Crippen LogP contribution in [-0.2, 0) is 4.79 Å². The monoisotopic (exact) mass is 247 g/mol. The Bertz CT molecular complexity index is 257. The van der Waals surface area contributed by atoms with Crippen molar-refractivity contribution in [3.05, 3.63) is 19.2 Å². The van der Waals surface area contributed by atoms with Crippen molar-refractivity contribution in [2.24, 2.45) is 0 Å². The van der Waals surface area contributed by atoms with Gasteiger partial charge in [0.25, 0.3) is 0 Å². The highest BCUT2D eigenvalue weighted by Crippen LogP contribution is 2.04. The molecule has 0 heterocycles. The average Bonchev–Trinajstić information content (AvgIpc) is 2.31. The number of ketones is 1. The molecule has 0 aliphatic carbocycles. The van der Waals surface area contributed by atoms with Crippen LogP contribution in [-0.4, -0.2) is 68.9 Å². The van der Waals surface area contributed by atoms with E-state index >= 15 is 0 Å². The van der Waals surface area contributed by atoms with Gasteiger partial charge in [0.2, 0.25) is 0 Å². The van der Waals surface area contributed by atoms with Crippen LogP contribution >= 0.6 is 0 Å². The molecule has 7 heteroatoms. The van der Waals surface area contributed by atoms with Gasteiger partial charge in [0.1, 0.15) is 18.3 Å². The van der Waals surface area contributed by atoms with E-state index in [1.54, 1.807) is 0 Å². The molecule has 0 rings (SSSR count). The second-order valence-electron chi connectivity index (χ2n) is 3.44. The lowest BCUT2D eigenvalue weighted by atomic mass is 10.0. The summed E-state index contributed by atoms with van der Waals surface area (Å²) in [6, 6.07) is 0. The summed E-state index contributed by atoms with van der Waals surface area (Å²) >= 11 is 0. The molecule has 2 radical (unpaired) electrons. The quantitative estimate of drug-likeness (QED) is 0.249. The SMILES string of the molecule is [CH]C(=O)/C=C\NC[C@H](O)[C@H](O)[C@H](O)[C@@H](O)CO. The Morgan fingerprint density at radius 1 is 1.18 bits per heavy atom. The van der Waals surface area contributed by atoms with E-state index in [0.29, 0.717) is 0 Å². The topological polar surface area (TPSA) is 130 Å². The lowest BCUT2D eigenvalue weighted by molar-refractivity contribution is -0.113. The molecule has 0 aliphatic heterocycles. The maximum atomic E-state index is 10.3. The molecule has 0 saturated heterocycles. The van der Waals surface area contributed by atoms with Crippen molar-refractivity contribution in [1.29, 1.82) is 0 Å². The molecule has 0 unspecified atom stereocenters. The van der Waals surface area contributed by atoms with Crippen LogP contribution in [0.3, 0.4) is 0 Å². The van der Waals surface area contributed by atoms with Crippen LogP contribution < -0.4 is 5.32 Å². The van der Waals surface area contributed by atoms with Crippen LogP contribution in [0, 0.1) is 6.92 Å². The zero-order valence-corrected chi connectivity index (χ0v) is 9.10. The molecule has 0 spiro atoms. The first-order valence-corrected chi connectivity index (χ1v) is 4.92. The Morgan fingerprint density at radius 3 is 2.18 bits per heavy atom. The molecule has 98 valence electrons. The van der Waals surface area contributed by atoms with Gasteiger partial charge in [0, 0.05) is 19.7 Å². The number of carbonyl (C=O) groups is 1. The van der Waals surface area contributed by atoms with E-state index in [-0.39, 0.29) is 6.54 Å². The molecule has 6 N–H and O–H groups in total. The van der Waals surface area contributed by atoms with Gasteiger partial charge in [-0.25, -0.2) is 0 Å². The third kappa shape index (κ3) is 6.35. The zero-order chi connectivity index (χ0) is 13.4. The fourth-order valence-electron chi connectivity index (χ4n) is 1.01. The Balaban J connectivity index is 4.04. The molecule has 0 fully saturated rings. The van der Waals surface area contributed by atoms with Crippen molar-refractivity contribution in [3.63, 3.8) is 0 Å². The molecular weight excluding hydrogens is 230 g/mol. The Kier molecular flexibility index (Phi) is 7.68. The summed E-state index contributed by atoms with van der Waals surface area (Å²) in [4.78, 5) is 10.3. The molecule has 0 aliphatic rings. The summed E-state index contributed by atoms with van der Waals surface area (Å²) in [5.41, 5.74) is 0. The third-order valence-corrected chi connectivity index (χ3v) is 2.02. The van der Waals surface area contributed by atoms with Crippen LogP contribution in [0.1, 0.15) is 0 Å². The van der Waals surface area contributed by atoms with Crippen LogP contribution in [0.25, 0.3) is 0 Å². The first kappa shape index (κ1) is 16.0. The van der Waals surface area contributed by atoms with Gasteiger partial charge in [-0.2, -0.15) is 0 Å². The van der Waals surface area contributed by atoms with Crippen molar-refractivity contribution in [1.82, 2.24) is 5.32 Å². The van der Waals surface area contributed by atoms with Crippen molar-refractivity contribution >= 4 is 5.78 Å². The van der Waals surface area contributed by atoms with Gasteiger partial charge >= 0.3 is 0 Å². The van der Waals surface area contributed by atoms with Gasteiger partial charge < -0.3 is 30.8 Å². The number of allylic oxidation sites excluding steroid dienone is 1. The molecule has 0 aromatic heterocycles. The number of rotatable bonds is 8. The minimum Gasteiger partial charge on any atom is -0.394 e. The smallest absolute Gasteiger partial charge is 0.161 e. The highest BCUT2D eigenvalue weighted by atomic mass is 16.4. The summed E-state index contributed by atoms with van der Waals surface area (Å²) in [7, 11) is 0. The van der Waals surface area contributed by atoms with Crippen LogP contribution in [0.4, 0.5) is 0 Å². The largest absolute Gasteiger partial charge is 0.394 e. The maximum absolute atomic E-state index is 10.3. The van der Waals surface area contributed by atoms with E-state index in [2.05, 4.69) is 5.32 Å². The number of nitrogens with one attached hydrogen (secondary N) is 1. The summed E-state index contributed by atoms with van der Waals surface area (Å²) in [6.07, 6.45) is -4.04. The van der Waals surface area contributed by atoms with E-state index < -0.39 is 36.8 Å². The zero-order valence-electron chi connectivity index (χ0n) is 9.10. The first-order valence-electron chi connectivity index (χ1n) is 4.92. The van der Waals surface area contributed by atoms with Crippen molar-refractivity contribution in [2.45, 2.75) is 24.4 Å². The Hall–Kier alpha value is -0.990. The first-order chi connectivity index (χ1) is 7.90. The highest BCUT2D eigenvalue weighted by molar-refractivity contribution is 5.93. The van der Waals surface area contributed by atoms with Gasteiger partial charge in [0.05, 0.1) is 12.7 Å². The predicted molar refractivity (Wildman–Crippen MR) is 57.6 cm³/mol. The minimum absolute atomic E-state index is 0.167. The molecule has 0 amide bonds. The highest BCUT2D eigenvalue weighted by Gasteiger charge is 2.29. The third-order valence-electron chi connectivity index (χ3n) is 2.02. The van der Waals surface area contributed by atoms with Gasteiger partial charge in [-0.15, -0.1) is 0 Å². The molecular formula is C10H17NO6. The summed E-state index contributed by atoms with van der Waals surface area (Å²) in [5, 5.41) is 48.0. The van der Waals surface area contributed by atoms with Crippen LogP contribution in [0.15, 0.2) is 12.3 Å². The minimum atomic E-state index is -1.67. The summed E-state index contributed by atoms with van der Waals surface area (Å²) < 4.78 is 0. The Morgan fingerprint density at radius 2 is 1.71 bits per heavy atom. The fourth-order valence-corrected chi connectivity index (χ4v) is 1.01. The van der Waals surface area contributed by atoms with Gasteiger partial charge in [0.15, 0.2) is 5.78 Å². The molecule has 17 heavy (non-hydrogen) atoms. The van der Waals surface area contributed by atoms with Crippen LogP contribution in [0.5, 0.6) is 0 Å². The van der Waals surface area contributed by atoms with Gasteiger partial charge in [-0.05, 0) is 6.08 Å². The van der Waals surface area contributed by atoms with Crippen molar-refractivity contribution in [3.8, 4) is 0 Å². The molecule has 0 saturated carbocycles. The number of hydrogen-bond donors (Lipinski definition) is 6. The number of carbonyl (C=O) groups excluding carboxylic acids is 1. The van der Waals surface area contributed by atoms with E-state index in [1.807, 2.05) is 0 Å². The van der Waals surface area contributed by atoms with E-state index in [4.69, 9.17) is 17.1 Å². The fraction of sp³-hybridized carbons (Fsp3) is 0.600. The van der Waals surface area contributed by atoms with E-state index in [0.717, 1.165) is 6.08 Å². The molecule has 4 atom stereocenters. The summed E-state index contributed by atoms with van der Waals surface area (Å²) in [6.45, 7) is 3.89. The second kappa shape index (κ2) is 8.15. The number of aliphatic hydroxyl groups is 5. The summed E-state index contributed by atoms with van der Waals surface area (Å²) in [5.74, 6) is -0.678. The van der Waals surface area contributed by atoms with E-state index in [1.165, 1.54) is 6.20 Å². The molecule has 7 nitrogen and oxygen atoms in total. The van der Waals surface area contributed by atoms with Gasteiger partial charge in [-0.3, -0.25) is 4.79 Å². The molecule has 0 bridgehead atoms.